The molecule has 0 bridgehead atoms. The standard InChI is InChI=1S/C17H28N2O2/c1-3-10-18-16-9-11-19(12-14(20)13-21-4-2)17-8-6-5-7-15(16)17/h5-8,14,16,18,20H,3-4,9-13H2,1-2H3. The average Bonchev–Trinajstić information content (AvgIpc) is 2.52. The van der Waals surface area contributed by atoms with E-state index in [-0.39, 0.29) is 0 Å². The molecule has 0 fully saturated rings. The minimum atomic E-state index is -0.432. The van der Waals surface area contributed by atoms with Gasteiger partial charge in [0, 0.05) is 31.4 Å². The van der Waals surface area contributed by atoms with Crippen LogP contribution in [0.2, 0.25) is 0 Å². The zero-order valence-corrected chi connectivity index (χ0v) is 13.2. The third-order valence-corrected chi connectivity index (χ3v) is 3.93. The van der Waals surface area contributed by atoms with Crippen molar-refractivity contribution in [2.45, 2.75) is 38.8 Å². The van der Waals surface area contributed by atoms with Crippen LogP contribution >= 0.6 is 0 Å². The van der Waals surface area contributed by atoms with Crippen molar-refractivity contribution in [1.29, 1.82) is 0 Å². The summed E-state index contributed by atoms with van der Waals surface area (Å²) in [5, 5.41) is 13.7. The quantitative estimate of drug-likeness (QED) is 0.772. The Morgan fingerprint density at radius 1 is 1.38 bits per heavy atom. The van der Waals surface area contributed by atoms with E-state index in [0.717, 1.165) is 25.9 Å². The number of hydrogen-bond acceptors (Lipinski definition) is 4. The highest BCUT2D eigenvalue weighted by atomic mass is 16.5. The molecule has 0 aromatic heterocycles. The van der Waals surface area contributed by atoms with Gasteiger partial charge in [0.1, 0.15) is 0 Å². The summed E-state index contributed by atoms with van der Waals surface area (Å²) in [5.41, 5.74) is 2.59. The molecule has 0 radical (unpaired) electrons. The van der Waals surface area contributed by atoms with Gasteiger partial charge in [0.2, 0.25) is 0 Å². The molecular weight excluding hydrogens is 264 g/mol. The Morgan fingerprint density at radius 2 is 2.19 bits per heavy atom. The second-order valence-corrected chi connectivity index (χ2v) is 5.61. The number of aliphatic hydroxyl groups excluding tert-OH is 1. The summed E-state index contributed by atoms with van der Waals surface area (Å²) < 4.78 is 5.31. The van der Waals surface area contributed by atoms with Crippen LogP contribution in [0.5, 0.6) is 0 Å². The van der Waals surface area contributed by atoms with Gasteiger partial charge < -0.3 is 20.1 Å². The number of hydrogen-bond donors (Lipinski definition) is 2. The molecule has 0 saturated heterocycles. The lowest BCUT2D eigenvalue weighted by molar-refractivity contribution is 0.0461. The normalized spacial score (nSPS) is 19.4. The maximum atomic E-state index is 10.1. The highest BCUT2D eigenvalue weighted by Gasteiger charge is 2.25. The molecule has 1 aromatic rings. The molecule has 118 valence electrons. The highest BCUT2D eigenvalue weighted by Crippen LogP contribution is 2.33. The summed E-state index contributed by atoms with van der Waals surface area (Å²) in [7, 11) is 0. The molecular formula is C17H28N2O2. The first-order valence-corrected chi connectivity index (χ1v) is 8.09. The van der Waals surface area contributed by atoms with Crippen molar-refractivity contribution in [3.63, 3.8) is 0 Å². The fourth-order valence-electron chi connectivity index (χ4n) is 2.91. The third-order valence-electron chi connectivity index (χ3n) is 3.93. The number of β-amino-alcohol motifs (C(OH)–C–C–N with tert-alkyl or cyclic N) is 1. The van der Waals surface area contributed by atoms with Crippen molar-refractivity contribution >= 4 is 5.69 Å². The highest BCUT2D eigenvalue weighted by molar-refractivity contribution is 5.57. The van der Waals surface area contributed by atoms with Crippen LogP contribution in [0.25, 0.3) is 0 Å². The van der Waals surface area contributed by atoms with Crippen molar-refractivity contribution in [2.75, 3.05) is 37.7 Å². The molecule has 0 spiro atoms. The van der Waals surface area contributed by atoms with Gasteiger partial charge in [-0.2, -0.15) is 0 Å². The minimum absolute atomic E-state index is 0.409. The Morgan fingerprint density at radius 3 is 2.95 bits per heavy atom. The van der Waals surface area contributed by atoms with E-state index in [2.05, 4.69) is 41.4 Å². The van der Waals surface area contributed by atoms with Gasteiger partial charge in [0.15, 0.2) is 0 Å². The molecule has 4 nitrogen and oxygen atoms in total. The average molecular weight is 292 g/mol. The van der Waals surface area contributed by atoms with Gasteiger partial charge in [-0.05, 0) is 37.9 Å². The number of benzene rings is 1. The molecule has 1 aliphatic heterocycles. The smallest absolute Gasteiger partial charge is 0.0947 e. The summed E-state index contributed by atoms with van der Waals surface area (Å²) in [5.74, 6) is 0. The van der Waals surface area contributed by atoms with Gasteiger partial charge in [-0.15, -0.1) is 0 Å². The number of anilines is 1. The molecule has 0 aliphatic carbocycles. The summed E-state index contributed by atoms with van der Waals surface area (Å²) in [6.45, 7) is 7.86. The van der Waals surface area contributed by atoms with Gasteiger partial charge >= 0.3 is 0 Å². The number of ether oxygens (including phenoxy) is 1. The summed E-state index contributed by atoms with van der Waals surface area (Å²) in [6.07, 6.45) is 1.80. The molecule has 0 amide bonds. The summed E-state index contributed by atoms with van der Waals surface area (Å²) in [6, 6.07) is 8.95. The predicted octanol–water partition coefficient (Wildman–Crippen LogP) is 2.33. The summed E-state index contributed by atoms with van der Waals surface area (Å²) >= 11 is 0. The number of aliphatic hydroxyl groups is 1. The van der Waals surface area contributed by atoms with Crippen molar-refractivity contribution in [1.82, 2.24) is 5.32 Å². The Kier molecular flexibility index (Phi) is 6.49. The molecule has 2 N–H and O–H groups in total. The Bertz CT molecular complexity index is 425. The zero-order chi connectivity index (χ0) is 15.1. The molecule has 2 unspecified atom stereocenters. The number of nitrogens with one attached hydrogen (secondary N) is 1. The van der Waals surface area contributed by atoms with E-state index < -0.39 is 6.10 Å². The maximum Gasteiger partial charge on any atom is 0.0947 e. The lowest BCUT2D eigenvalue weighted by atomic mass is 9.96. The molecule has 0 saturated carbocycles. The Labute approximate surface area is 128 Å². The number of rotatable bonds is 8. The van der Waals surface area contributed by atoms with Crippen molar-refractivity contribution in [3.8, 4) is 0 Å². The van der Waals surface area contributed by atoms with E-state index in [1.165, 1.54) is 11.3 Å². The first-order chi connectivity index (χ1) is 10.3. The second kappa shape index (κ2) is 8.37. The monoisotopic (exact) mass is 292 g/mol. The minimum Gasteiger partial charge on any atom is -0.389 e. The van der Waals surface area contributed by atoms with Crippen molar-refractivity contribution < 1.29 is 9.84 Å². The zero-order valence-electron chi connectivity index (χ0n) is 13.2. The summed E-state index contributed by atoms with van der Waals surface area (Å²) in [4.78, 5) is 2.28. The van der Waals surface area contributed by atoms with Crippen LogP contribution in [-0.4, -0.2) is 44.1 Å². The van der Waals surface area contributed by atoms with Crippen LogP contribution in [0.1, 0.15) is 38.3 Å². The van der Waals surface area contributed by atoms with Crippen LogP contribution in [0.3, 0.4) is 0 Å². The largest absolute Gasteiger partial charge is 0.389 e. The van der Waals surface area contributed by atoms with Gasteiger partial charge in [-0.25, -0.2) is 0 Å². The van der Waals surface area contributed by atoms with E-state index in [1.807, 2.05) is 6.92 Å². The molecule has 4 heteroatoms. The molecule has 1 aliphatic rings. The van der Waals surface area contributed by atoms with Crippen LogP contribution < -0.4 is 10.2 Å². The number of nitrogens with zero attached hydrogens (tertiary/aromatic N) is 1. The first-order valence-electron chi connectivity index (χ1n) is 8.09. The molecule has 2 rings (SSSR count). The van der Waals surface area contributed by atoms with E-state index >= 15 is 0 Å². The fourth-order valence-corrected chi connectivity index (χ4v) is 2.91. The van der Waals surface area contributed by atoms with Crippen LogP contribution in [0, 0.1) is 0 Å². The Balaban J connectivity index is 2.04. The van der Waals surface area contributed by atoms with Crippen molar-refractivity contribution in [2.24, 2.45) is 0 Å². The van der Waals surface area contributed by atoms with E-state index in [9.17, 15) is 5.11 Å². The predicted molar refractivity (Wildman–Crippen MR) is 86.8 cm³/mol. The second-order valence-electron chi connectivity index (χ2n) is 5.61. The van der Waals surface area contributed by atoms with Crippen LogP contribution in [0.15, 0.2) is 24.3 Å². The topological polar surface area (TPSA) is 44.7 Å². The van der Waals surface area contributed by atoms with E-state index in [1.54, 1.807) is 0 Å². The van der Waals surface area contributed by atoms with Gasteiger partial charge in [0.05, 0.1) is 12.7 Å². The van der Waals surface area contributed by atoms with Gasteiger partial charge in [-0.1, -0.05) is 25.1 Å². The Hall–Kier alpha value is -1.10. The van der Waals surface area contributed by atoms with Gasteiger partial charge in [0.25, 0.3) is 0 Å². The van der Waals surface area contributed by atoms with Gasteiger partial charge in [-0.3, -0.25) is 0 Å². The molecule has 21 heavy (non-hydrogen) atoms. The first kappa shape index (κ1) is 16.3. The fraction of sp³-hybridized carbons (Fsp3) is 0.647. The molecule has 2 atom stereocenters. The number of fused-ring (bicyclic) bond motifs is 1. The lowest BCUT2D eigenvalue weighted by Crippen LogP contribution is -2.41. The third kappa shape index (κ3) is 4.43. The lowest BCUT2D eigenvalue weighted by Gasteiger charge is -2.37. The van der Waals surface area contributed by atoms with E-state index in [4.69, 9.17) is 4.74 Å². The SMILES string of the molecule is CCCNC1CCN(CC(O)COCC)c2ccccc21. The maximum absolute atomic E-state index is 10.1. The van der Waals surface area contributed by atoms with Crippen molar-refractivity contribution in [3.05, 3.63) is 29.8 Å². The van der Waals surface area contributed by atoms with Crippen LogP contribution in [-0.2, 0) is 4.74 Å². The van der Waals surface area contributed by atoms with E-state index in [0.29, 0.717) is 25.8 Å². The number of para-hydroxylation sites is 1. The molecule has 1 aromatic carbocycles. The van der Waals surface area contributed by atoms with Crippen LogP contribution in [0.4, 0.5) is 5.69 Å². The molecule has 1 heterocycles.